The predicted molar refractivity (Wildman–Crippen MR) is 174 cm³/mol. The van der Waals surface area contributed by atoms with E-state index in [1.54, 1.807) is 19.1 Å². The van der Waals surface area contributed by atoms with E-state index in [9.17, 15) is 30.3 Å². The normalized spacial score (nSPS) is 19.0. The Morgan fingerprint density at radius 3 is 2.31 bits per heavy atom. The Kier molecular flexibility index (Phi) is 7.71. The molecule has 0 saturated heterocycles. The molecule has 10 nitrogen and oxygen atoms in total. The zero-order valence-corrected chi connectivity index (χ0v) is 26.4. The number of aliphatic hydroxyl groups excluding tert-OH is 3. The Balaban J connectivity index is 1.82. The van der Waals surface area contributed by atoms with Gasteiger partial charge >= 0.3 is 5.97 Å². The van der Waals surface area contributed by atoms with Gasteiger partial charge in [-0.05, 0) is 80.5 Å². The van der Waals surface area contributed by atoms with E-state index < -0.39 is 18.4 Å². The number of allylic oxidation sites excluding steroid dienone is 2. The summed E-state index contributed by atoms with van der Waals surface area (Å²) in [6.45, 7) is 11.6. The van der Waals surface area contributed by atoms with E-state index in [4.69, 9.17) is 9.97 Å². The smallest absolute Gasteiger partial charge is 0.303 e. The third-order valence-corrected chi connectivity index (χ3v) is 9.72. The molecule has 8 bridgehead atoms. The zero-order valence-electron chi connectivity index (χ0n) is 26.4. The number of nitrogens with zero attached hydrogens (tertiary/aromatic N) is 2. The summed E-state index contributed by atoms with van der Waals surface area (Å²) < 4.78 is 0. The number of aliphatic hydroxyl groups is 4. The molecule has 1 aliphatic carbocycles. The average molecular weight is 613 g/mol. The number of carboxylic acids is 1. The largest absolute Gasteiger partial charge is 0.507 e. The van der Waals surface area contributed by atoms with E-state index in [-0.39, 0.29) is 24.0 Å². The number of hydrogen-bond acceptors (Lipinski definition) is 7. The minimum Gasteiger partial charge on any atom is -0.507 e. The highest BCUT2D eigenvalue weighted by Crippen LogP contribution is 2.47. The molecule has 0 unspecified atom stereocenters. The molecule has 4 aliphatic rings. The summed E-state index contributed by atoms with van der Waals surface area (Å²) in [4.78, 5) is 28.7. The van der Waals surface area contributed by atoms with Crippen molar-refractivity contribution in [2.24, 2.45) is 0 Å². The van der Waals surface area contributed by atoms with Gasteiger partial charge in [0.1, 0.15) is 5.76 Å². The van der Waals surface area contributed by atoms with E-state index in [2.05, 4.69) is 16.9 Å². The lowest BCUT2D eigenvalue weighted by atomic mass is 9.84. The fraction of sp³-hybridized carbons (Fsp3) is 0.400. The maximum absolute atomic E-state index is 11.7. The number of hydrogen-bond donors (Lipinski definition) is 7. The molecule has 0 amide bonds. The molecule has 0 spiro atoms. The summed E-state index contributed by atoms with van der Waals surface area (Å²) in [6.07, 6.45) is 0.620. The van der Waals surface area contributed by atoms with Crippen molar-refractivity contribution < 1.29 is 30.3 Å². The van der Waals surface area contributed by atoms with Crippen LogP contribution in [0.5, 0.6) is 0 Å². The third kappa shape index (κ3) is 4.79. The van der Waals surface area contributed by atoms with E-state index in [0.717, 1.165) is 44.7 Å². The number of aromatic amines is 2. The first-order chi connectivity index (χ1) is 21.4. The molecule has 5 heterocycles. The summed E-state index contributed by atoms with van der Waals surface area (Å²) in [5.41, 5.74) is 11.0. The van der Waals surface area contributed by atoms with Gasteiger partial charge in [0.2, 0.25) is 0 Å². The van der Waals surface area contributed by atoms with Crippen LogP contribution in [0.3, 0.4) is 0 Å². The van der Waals surface area contributed by atoms with Gasteiger partial charge in [-0.2, -0.15) is 0 Å². The molecule has 0 radical (unpaired) electrons. The summed E-state index contributed by atoms with van der Waals surface area (Å²) >= 11 is 0. The van der Waals surface area contributed by atoms with Gasteiger partial charge in [-0.15, -0.1) is 0 Å². The van der Waals surface area contributed by atoms with Crippen LogP contribution in [0.1, 0.15) is 122 Å². The van der Waals surface area contributed by atoms with Gasteiger partial charge in [0, 0.05) is 57.4 Å². The van der Waals surface area contributed by atoms with Crippen molar-refractivity contribution in [1.29, 1.82) is 0 Å². The number of aromatic nitrogens is 4. The Morgan fingerprint density at radius 1 is 0.978 bits per heavy atom. The lowest BCUT2D eigenvalue weighted by molar-refractivity contribution is -0.137. The maximum Gasteiger partial charge on any atom is 0.303 e. The van der Waals surface area contributed by atoms with Gasteiger partial charge < -0.3 is 35.5 Å². The standard InChI is InChI=1S/C35H40N4O6/c1-7-18-22-12-23-19(8-2)30-26(41)11-21(34(30)37-23)33-20(9-10-27(42)43)14(3)31(39-33)16(5)32-15(4)28(17(6)40)24(38-32)13-25(36-22)29(18)35(44)45/h11-14,17,20,35,37,39-41,44-45H,7-10H2,1-6H3,(H,42,43)/t14-,17+,20-/m0/s1. The fourth-order valence-corrected chi connectivity index (χ4v) is 7.62. The third-order valence-electron chi connectivity index (χ3n) is 9.72. The van der Waals surface area contributed by atoms with Crippen LogP contribution in [0.2, 0.25) is 0 Å². The number of carboxylic acid groups (broad SMARTS) is 1. The predicted octanol–water partition coefficient (Wildman–Crippen LogP) is 5.97. The van der Waals surface area contributed by atoms with E-state index in [0.29, 0.717) is 64.3 Å². The van der Waals surface area contributed by atoms with Gasteiger partial charge in [0.25, 0.3) is 0 Å². The van der Waals surface area contributed by atoms with Gasteiger partial charge in [-0.3, -0.25) is 4.79 Å². The SMILES string of the molecule is CCC1=C(C(O)O)c2cc3nc(c(C)c4[nH]c(c5c6[nH]c(cc1n2)c(CC)c6C(O)=C5)[C@@H](CCC(=O)O)[C@@H]4C)C(C)=C3[C@@H](C)O. The molecule has 0 saturated carbocycles. The van der Waals surface area contributed by atoms with Crippen LogP contribution in [0.15, 0.2) is 12.1 Å². The van der Waals surface area contributed by atoms with Crippen LogP contribution in [-0.2, 0) is 11.2 Å². The second-order valence-electron chi connectivity index (χ2n) is 12.3. The molecule has 2 aromatic rings. The van der Waals surface area contributed by atoms with Gasteiger partial charge in [-0.25, -0.2) is 9.97 Å². The second-order valence-corrected chi connectivity index (χ2v) is 12.3. The molecule has 0 fully saturated rings. The van der Waals surface area contributed by atoms with E-state index >= 15 is 0 Å². The maximum atomic E-state index is 11.7. The van der Waals surface area contributed by atoms with Crippen molar-refractivity contribution in [1.82, 2.24) is 19.9 Å². The number of H-pyrrole nitrogens is 2. The van der Waals surface area contributed by atoms with Gasteiger partial charge in [-0.1, -0.05) is 20.8 Å². The summed E-state index contributed by atoms with van der Waals surface area (Å²) in [6, 6.07) is 3.59. The first kappa shape index (κ1) is 30.8. The number of carbonyl (C=O) groups is 1. The van der Waals surface area contributed by atoms with Gasteiger partial charge in [0.05, 0.1) is 34.4 Å². The second kappa shape index (κ2) is 11.3. The number of nitrogens with one attached hydrogen (secondary N) is 2. The average Bonchev–Trinajstić information content (AvgIpc) is 3.75. The molecule has 7 N–H and O–H groups in total. The molecule has 10 heteroatoms. The molecular formula is C35H40N4O6. The van der Waals surface area contributed by atoms with Crippen molar-refractivity contribution in [2.45, 2.75) is 91.5 Å². The van der Waals surface area contributed by atoms with E-state index in [1.807, 2.05) is 33.8 Å². The van der Waals surface area contributed by atoms with Gasteiger partial charge in [0.15, 0.2) is 6.29 Å². The Bertz CT molecular complexity index is 1920. The topological polar surface area (TPSA) is 176 Å². The lowest BCUT2D eigenvalue weighted by Crippen LogP contribution is -2.08. The number of rotatable bonds is 7. The van der Waals surface area contributed by atoms with Crippen molar-refractivity contribution in [3.63, 3.8) is 0 Å². The molecule has 3 aliphatic heterocycles. The highest BCUT2D eigenvalue weighted by Gasteiger charge is 2.35. The summed E-state index contributed by atoms with van der Waals surface area (Å²) in [5.74, 6) is -0.988. The highest BCUT2D eigenvalue weighted by atomic mass is 16.5. The Morgan fingerprint density at radius 2 is 1.69 bits per heavy atom. The molecule has 45 heavy (non-hydrogen) atoms. The van der Waals surface area contributed by atoms with Crippen molar-refractivity contribution in [3.8, 4) is 0 Å². The molecule has 3 atom stereocenters. The van der Waals surface area contributed by atoms with Crippen LogP contribution in [-0.4, -0.2) is 63.8 Å². The monoisotopic (exact) mass is 612 g/mol. The van der Waals surface area contributed by atoms with Crippen LogP contribution >= 0.6 is 0 Å². The Labute approximate surface area is 261 Å². The first-order valence-electron chi connectivity index (χ1n) is 15.6. The molecule has 0 aromatic carbocycles. The summed E-state index contributed by atoms with van der Waals surface area (Å²) in [7, 11) is 0. The number of aryl methyl sites for hydroxylation is 1. The van der Waals surface area contributed by atoms with Crippen LogP contribution in [0, 0.1) is 6.92 Å². The van der Waals surface area contributed by atoms with Crippen LogP contribution in [0.4, 0.5) is 0 Å². The van der Waals surface area contributed by atoms with Crippen molar-refractivity contribution in [3.05, 3.63) is 68.6 Å². The Hall–Kier alpha value is -4.25. The summed E-state index contributed by atoms with van der Waals surface area (Å²) in [5, 5.41) is 52.8. The van der Waals surface area contributed by atoms with Crippen molar-refractivity contribution >= 4 is 51.1 Å². The molecule has 236 valence electrons. The fourth-order valence-electron chi connectivity index (χ4n) is 7.62. The minimum atomic E-state index is -1.77. The quantitative estimate of drug-likeness (QED) is 0.187. The zero-order chi connectivity index (χ0) is 32.5. The van der Waals surface area contributed by atoms with Crippen LogP contribution < -0.4 is 0 Å². The number of fused-ring (bicyclic) bond motifs is 8. The first-order valence-corrected chi connectivity index (χ1v) is 15.6. The van der Waals surface area contributed by atoms with E-state index in [1.165, 1.54) is 0 Å². The number of aliphatic carboxylic acids is 1. The highest BCUT2D eigenvalue weighted by molar-refractivity contribution is 6.02. The molecule has 2 aromatic heterocycles. The molecular weight excluding hydrogens is 572 g/mol. The van der Waals surface area contributed by atoms with Crippen LogP contribution in [0.25, 0.3) is 45.2 Å². The lowest BCUT2D eigenvalue weighted by Gasteiger charge is -2.17. The van der Waals surface area contributed by atoms with Crippen molar-refractivity contribution in [2.75, 3.05) is 0 Å². The minimum absolute atomic E-state index is 0.00510. The molecule has 6 rings (SSSR count).